The van der Waals surface area contributed by atoms with Crippen molar-refractivity contribution in [3.8, 4) is 5.75 Å². The lowest BCUT2D eigenvalue weighted by Crippen LogP contribution is -2.03. The number of thioether (sulfide) groups is 1. The monoisotopic (exact) mass is 378 g/mol. The number of methoxy groups -OCH3 is 1. The van der Waals surface area contributed by atoms with E-state index >= 15 is 0 Å². The smallest absolute Gasteiger partial charge is 0.225 e. The van der Waals surface area contributed by atoms with E-state index < -0.39 is 0 Å². The third-order valence-electron chi connectivity index (χ3n) is 4.09. The van der Waals surface area contributed by atoms with Gasteiger partial charge in [-0.25, -0.2) is 0 Å². The van der Waals surface area contributed by atoms with Gasteiger partial charge in [0.15, 0.2) is 5.43 Å². The molecule has 4 aromatic rings. The minimum absolute atomic E-state index is 0.0292. The van der Waals surface area contributed by atoms with E-state index in [1.165, 1.54) is 11.3 Å². The number of rotatable bonds is 3. The maximum Gasteiger partial charge on any atom is 0.225 e. The summed E-state index contributed by atoms with van der Waals surface area (Å²) >= 11 is 2.63. The number of hydrogen-bond acceptors (Lipinski definition) is 5. The van der Waals surface area contributed by atoms with E-state index in [0.717, 1.165) is 31.8 Å². The molecule has 0 aliphatic heterocycles. The molecule has 4 rings (SSSR count). The molecule has 0 atom stereocenters. The van der Waals surface area contributed by atoms with Crippen LogP contribution < -0.4 is 10.2 Å². The predicted molar refractivity (Wildman–Crippen MR) is 109 cm³/mol. The zero-order valence-electron chi connectivity index (χ0n) is 13.9. The highest BCUT2D eigenvalue weighted by Gasteiger charge is 2.15. The molecule has 0 fully saturated rings. The van der Waals surface area contributed by atoms with E-state index in [1.807, 2.05) is 48.5 Å². The zero-order chi connectivity index (χ0) is 18.1. The second-order valence-corrected chi connectivity index (χ2v) is 7.77. The lowest BCUT2D eigenvalue weighted by Gasteiger charge is -2.07. The molecule has 0 aliphatic rings. The summed E-state index contributed by atoms with van der Waals surface area (Å²) in [4.78, 5) is 26.5. The molecular weight excluding hydrogens is 364 g/mol. The van der Waals surface area contributed by atoms with Crippen LogP contribution in [0.25, 0.3) is 20.2 Å². The standard InChI is InChI=1S/C21H14O3S2/c1-24-13-9-11-14(12-10-13)25-21(23)17-7-4-6-16-19(22)15-5-2-3-8-18(15)26-20(16)17/h2-12H,1H3. The molecule has 128 valence electrons. The topological polar surface area (TPSA) is 43.4 Å². The van der Waals surface area contributed by atoms with Gasteiger partial charge in [-0.3, -0.25) is 9.59 Å². The SMILES string of the molecule is COc1ccc(SC(=O)c2cccc3c(=O)c4ccccc4sc23)cc1. The lowest BCUT2D eigenvalue weighted by atomic mass is 10.1. The predicted octanol–water partition coefficient (Wildman–Crippen LogP) is 5.36. The van der Waals surface area contributed by atoms with Crippen molar-refractivity contribution in [3.05, 3.63) is 82.5 Å². The number of carbonyl (C=O) groups is 1. The first-order valence-corrected chi connectivity index (χ1v) is 9.61. The zero-order valence-corrected chi connectivity index (χ0v) is 15.5. The van der Waals surface area contributed by atoms with Gasteiger partial charge in [-0.1, -0.05) is 18.2 Å². The highest BCUT2D eigenvalue weighted by molar-refractivity contribution is 8.14. The molecule has 3 nitrogen and oxygen atoms in total. The normalized spacial score (nSPS) is 11.0. The van der Waals surface area contributed by atoms with E-state index in [9.17, 15) is 9.59 Å². The van der Waals surface area contributed by atoms with Gasteiger partial charge in [-0.15, -0.1) is 11.3 Å². The fourth-order valence-electron chi connectivity index (χ4n) is 2.79. The Labute approximate surface area is 158 Å². The molecule has 3 aromatic carbocycles. The Morgan fingerprint density at radius 1 is 0.923 bits per heavy atom. The second-order valence-electron chi connectivity index (χ2n) is 5.67. The van der Waals surface area contributed by atoms with Crippen LogP contribution in [0.5, 0.6) is 5.75 Å². The van der Waals surface area contributed by atoms with Crippen LogP contribution in [-0.2, 0) is 0 Å². The summed E-state index contributed by atoms with van der Waals surface area (Å²) in [5.74, 6) is 0.747. The van der Waals surface area contributed by atoms with Gasteiger partial charge in [0.05, 0.1) is 11.8 Å². The first-order chi connectivity index (χ1) is 12.7. The summed E-state index contributed by atoms with van der Waals surface area (Å²) in [6.45, 7) is 0. The van der Waals surface area contributed by atoms with Crippen LogP contribution in [-0.4, -0.2) is 12.2 Å². The van der Waals surface area contributed by atoms with E-state index in [4.69, 9.17) is 4.74 Å². The van der Waals surface area contributed by atoms with Crippen LogP contribution in [0.4, 0.5) is 0 Å². The average Bonchev–Trinajstić information content (AvgIpc) is 2.68. The maximum atomic E-state index is 12.9. The van der Waals surface area contributed by atoms with Crippen molar-refractivity contribution in [1.82, 2.24) is 0 Å². The number of ether oxygens (including phenoxy) is 1. The maximum absolute atomic E-state index is 12.9. The van der Waals surface area contributed by atoms with E-state index in [1.54, 1.807) is 25.3 Å². The Hall–Kier alpha value is -2.63. The molecule has 0 radical (unpaired) electrons. The summed E-state index contributed by atoms with van der Waals surface area (Å²) < 4.78 is 6.77. The third kappa shape index (κ3) is 3.00. The Kier molecular flexibility index (Phi) is 4.49. The fraction of sp³-hybridized carbons (Fsp3) is 0.0476. The first kappa shape index (κ1) is 16.8. The quantitative estimate of drug-likeness (QED) is 0.356. The summed E-state index contributed by atoms with van der Waals surface area (Å²) in [7, 11) is 1.61. The van der Waals surface area contributed by atoms with Crippen LogP contribution in [0, 0.1) is 0 Å². The van der Waals surface area contributed by atoms with Crippen molar-refractivity contribution < 1.29 is 9.53 Å². The van der Waals surface area contributed by atoms with Crippen LogP contribution in [0.3, 0.4) is 0 Å². The van der Waals surface area contributed by atoms with Crippen LogP contribution in [0.2, 0.25) is 0 Å². The van der Waals surface area contributed by atoms with Crippen LogP contribution in [0.15, 0.2) is 76.4 Å². The van der Waals surface area contributed by atoms with Gasteiger partial charge in [0.2, 0.25) is 5.12 Å². The minimum atomic E-state index is -0.0771. The molecule has 0 saturated carbocycles. The first-order valence-electron chi connectivity index (χ1n) is 7.98. The molecule has 0 amide bonds. The molecule has 0 bridgehead atoms. The van der Waals surface area contributed by atoms with Gasteiger partial charge >= 0.3 is 0 Å². The van der Waals surface area contributed by atoms with E-state index in [0.29, 0.717) is 16.3 Å². The number of benzene rings is 3. The molecular formula is C21H14O3S2. The highest BCUT2D eigenvalue weighted by Crippen LogP contribution is 2.32. The van der Waals surface area contributed by atoms with E-state index in [-0.39, 0.29) is 10.5 Å². The fourth-order valence-corrected chi connectivity index (χ4v) is 4.80. The van der Waals surface area contributed by atoms with Crippen molar-refractivity contribution in [2.24, 2.45) is 0 Å². The molecule has 1 aromatic heterocycles. The van der Waals surface area contributed by atoms with Crippen LogP contribution in [0.1, 0.15) is 10.4 Å². The molecule has 26 heavy (non-hydrogen) atoms. The Bertz CT molecular complexity index is 1180. The van der Waals surface area contributed by atoms with E-state index in [2.05, 4.69) is 0 Å². The summed E-state index contributed by atoms with van der Waals surface area (Å²) in [5.41, 5.74) is 0.537. The van der Waals surface area contributed by atoms with Gasteiger partial charge in [0, 0.05) is 25.9 Å². The van der Waals surface area contributed by atoms with Crippen molar-refractivity contribution >= 4 is 48.4 Å². The second kappa shape index (κ2) is 6.94. The Balaban J connectivity index is 1.80. The summed E-state index contributed by atoms with van der Waals surface area (Å²) in [6.07, 6.45) is 0. The van der Waals surface area contributed by atoms with Gasteiger partial charge < -0.3 is 4.74 Å². The molecule has 0 aliphatic carbocycles. The number of fused-ring (bicyclic) bond motifs is 2. The number of carbonyl (C=O) groups excluding carboxylic acids is 1. The third-order valence-corrected chi connectivity index (χ3v) is 6.23. The molecule has 0 N–H and O–H groups in total. The summed E-state index contributed by atoms with van der Waals surface area (Å²) in [5, 5.41) is 1.21. The molecule has 0 saturated heterocycles. The molecule has 0 unspecified atom stereocenters. The van der Waals surface area contributed by atoms with Gasteiger partial charge in [0.25, 0.3) is 0 Å². The van der Waals surface area contributed by atoms with Crippen LogP contribution >= 0.6 is 23.1 Å². The van der Waals surface area contributed by atoms with Crippen molar-refractivity contribution in [2.75, 3.05) is 7.11 Å². The average molecular weight is 378 g/mol. The van der Waals surface area contributed by atoms with Gasteiger partial charge in [-0.05, 0) is 60.3 Å². The van der Waals surface area contributed by atoms with Crippen molar-refractivity contribution in [3.63, 3.8) is 0 Å². The molecule has 0 spiro atoms. The molecule has 5 heteroatoms. The van der Waals surface area contributed by atoms with Crippen molar-refractivity contribution in [1.29, 1.82) is 0 Å². The Morgan fingerprint density at radius 3 is 2.42 bits per heavy atom. The number of hydrogen-bond donors (Lipinski definition) is 0. The molecule has 1 heterocycles. The van der Waals surface area contributed by atoms with Gasteiger partial charge in [-0.2, -0.15) is 0 Å². The Morgan fingerprint density at radius 2 is 1.65 bits per heavy atom. The minimum Gasteiger partial charge on any atom is -0.497 e. The van der Waals surface area contributed by atoms with Crippen molar-refractivity contribution in [2.45, 2.75) is 4.90 Å². The largest absolute Gasteiger partial charge is 0.497 e. The summed E-state index contributed by atoms with van der Waals surface area (Å²) in [6, 6.07) is 20.2. The lowest BCUT2D eigenvalue weighted by molar-refractivity contribution is 0.109. The van der Waals surface area contributed by atoms with Gasteiger partial charge in [0.1, 0.15) is 5.75 Å². The highest BCUT2D eigenvalue weighted by atomic mass is 32.2.